The summed E-state index contributed by atoms with van der Waals surface area (Å²) < 4.78 is 19.3. The molecule has 4 saturated carbocycles. The summed E-state index contributed by atoms with van der Waals surface area (Å²) in [5, 5.41) is 2.38. The van der Waals surface area contributed by atoms with Crippen LogP contribution in [-0.4, -0.2) is 18.3 Å². The first-order valence-corrected chi connectivity index (χ1v) is 16.8. The Morgan fingerprint density at radius 3 is 1.91 bits per heavy atom. The first-order valence-electron chi connectivity index (χ1n) is 16.8. The van der Waals surface area contributed by atoms with Gasteiger partial charge in [-0.25, -0.2) is 0 Å². The number of benzene rings is 4. The van der Waals surface area contributed by atoms with Gasteiger partial charge in [0.1, 0.15) is 11.2 Å². The van der Waals surface area contributed by atoms with Gasteiger partial charge in [-0.2, -0.15) is 0 Å². The molecule has 4 bridgehead atoms. The molecular formula is C40H39BO3. The van der Waals surface area contributed by atoms with Gasteiger partial charge in [-0.1, -0.05) is 54.6 Å². The minimum atomic E-state index is -0.351. The van der Waals surface area contributed by atoms with E-state index in [2.05, 4.69) is 100 Å². The predicted molar refractivity (Wildman–Crippen MR) is 178 cm³/mol. The zero-order valence-electron chi connectivity index (χ0n) is 26.2. The number of fused-ring (bicyclic) bond motifs is 6. The molecule has 220 valence electrons. The SMILES string of the molecule is CC1(C)OB(c2ccc3c(c2)C2(c4cc(-c5ccc6oc7ccccc7c6c5)ccc4-3)C3CC4CC(C3)CC2C4)OC1(C)C. The van der Waals surface area contributed by atoms with Gasteiger partial charge in [0.25, 0.3) is 0 Å². The Morgan fingerprint density at radius 1 is 0.591 bits per heavy atom. The van der Waals surface area contributed by atoms with Crippen molar-refractivity contribution >= 4 is 34.5 Å². The van der Waals surface area contributed by atoms with Crippen LogP contribution in [0.1, 0.15) is 70.9 Å². The highest BCUT2D eigenvalue weighted by atomic mass is 16.7. The average Bonchev–Trinajstić information content (AvgIpc) is 3.59. The van der Waals surface area contributed by atoms with E-state index in [9.17, 15) is 0 Å². The smallest absolute Gasteiger partial charge is 0.456 e. The minimum Gasteiger partial charge on any atom is -0.456 e. The maximum atomic E-state index is 6.59. The quantitative estimate of drug-likeness (QED) is 0.196. The van der Waals surface area contributed by atoms with Gasteiger partial charge in [0.2, 0.25) is 0 Å². The van der Waals surface area contributed by atoms with Crippen LogP contribution < -0.4 is 5.46 Å². The van der Waals surface area contributed by atoms with Crippen molar-refractivity contribution in [3.63, 3.8) is 0 Å². The fourth-order valence-electron chi connectivity index (χ4n) is 10.4. The van der Waals surface area contributed by atoms with Gasteiger partial charge >= 0.3 is 7.12 Å². The predicted octanol–water partition coefficient (Wildman–Crippen LogP) is 9.27. The second-order valence-corrected chi connectivity index (χ2v) is 15.6. The van der Waals surface area contributed by atoms with Crippen LogP contribution in [0, 0.1) is 23.7 Å². The zero-order chi connectivity index (χ0) is 29.6. The summed E-state index contributed by atoms with van der Waals surface area (Å²) in [5.74, 6) is 3.20. The first-order chi connectivity index (χ1) is 21.2. The molecule has 1 aliphatic heterocycles. The molecular weight excluding hydrogens is 539 g/mol. The molecule has 0 N–H and O–H groups in total. The van der Waals surface area contributed by atoms with Gasteiger partial charge < -0.3 is 13.7 Å². The lowest BCUT2D eigenvalue weighted by molar-refractivity contribution is -0.0399. The molecule has 4 aromatic carbocycles. The van der Waals surface area contributed by atoms with Crippen molar-refractivity contribution in [3.05, 3.63) is 90.0 Å². The molecule has 2 heterocycles. The summed E-state index contributed by atoms with van der Waals surface area (Å²) in [6.07, 6.45) is 6.91. The molecule has 0 radical (unpaired) electrons. The maximum Gasteiger partial charge on any atom is 0.494 e. The second kappa shape index (κ2) is 8.47. The first kappa shape index (κ1) is 25.9. The molecule has 4 heteroatoms. The molecule has 0 unspecified atom stereocenters. The Balaban J connectivity index is 1.15. The molecule has 0 amide bonds. The largest absolute Gasteiger partial charge is 0.494 e. The standard InChI is InChI=1S/C40H39BO3/c1-38(2)39(3,4)44-41(43-38)29-11-13-31-30-12-9-26(25-10-14-37-33(20-25)32-7-5-6-8-36(32)42-37)21-34(30)40(35(31)22-29)27-16-23-15-24(18-27)19-28(40)17-23/h5-14,20-24,27-28H,15-19H2,1-4H3. The van der Waals surface area contributed by atoms with E-state index in [0.29, 0.717) is 11.8 Å². The molecule has 3 nitrogen and oxygen atoms in total. The van der Waals surface area contributed by atoms with Crippen molar-refractivity contribution in [1.82, 2.24) is 0 Å². The lowest BCUT2D eigenvalue weighted by atomic mass is 9.43. The van der Waals surface area contributed by atoms with E-state index in [1.807, 2.05) is 6.07 Å². The van der Waals surface area contributed by atoms with Gasteiger partial charge in [-0.15, -0.1) is 0 Å². The Labute approximate surface area is 260 Å². The summed E-state index contributed by atoms with van der Waals surface area (Å²) >= 11 is 0. The van der Waals surface area contributed by atoms with Crippen LogP contribution in [0.5, 0.6) is 0 Å². The van der Waals surface area contributed by atoms with Crippen LogP contribution in [0.3, 0.4) is 0 Å². The van der Waals surface area contributed by atoms with Crippen LogP contribution >= 0.6 is 0 Å². The van der Waals surface area contributed by atoms with Gasteiger partial charge in [0, 0.05) is 16.2 Å². The van der Waals surface area contributed by atoms with Crippen molar-refractivity contribution in [2.45, 2.75) is 76.4 Å². The highest BCUT2D eigenvalue weighted by Crippen LogP contribution is 2.69. The van der Waals surface area contributed by atoms with Crippen LogP contribution in [0.15, 0.2) is 83.3 Å². The van der Waals surface area contributed by atoms with Gasteiger partial charge in [-0.05, 0) is 147 Å². The molecule has 1 saturated heterocycles. The van der Waals surface area contributed by atoms with Gasteiger partial charge in [-0.3, -0.25) is 0 Å². The highest BCUT2D eigenvalue weighted by molar-refractivity contribution is 6.62. The molecule has 11 rings (SSSR count). The zero-order valence-corrected chi connectivity index (χ0v) is 26.2. The van der Waals surface area contributed by atoms with Crippen LogP contribution in [0.25, 0.3) is 44.2 Å². The fraction of sp³-hybridized carbons (Fsp3) is 0.400. The molecule has 5 aromatic rings. The summed E-state index contributed by atoms with van der Waals surface area (Å²) in [5.41, 5.74) is 11.0. The Kier molecular flexibility index (Phi) is 4.99. The fourth-order valence-corrected chi connectivity index (χ4v) is 10.4. The average molecular weight is 579 g/mol. The Bertz CT molecular complexity index is 1970. The molecule has 5 fully saturated rings. The Hall–Kier alpha value is -3.34. The topological polar surface area (TPSA) is 31.6 Å². The van der Waals surface area contributed by atoms with E-state index in [1.165, 1.54) is 70.6 Å². The van der Waals surface area contributed by atoms with E-state index < -0.39 is 0 Å². The lowest BCUT2D eigenvalue weighted by Crippen LogP contribution is -2.55. The molecule has 1 aromatic heterocycles. The number of hydrogen-bond acceptors (Lipinski definition) is 3. The number of para-hydroxylation sites is 1. The van der Waals surface area contributed by atoms with E-state index in [-0.39, 0.29) is 23.7 Å². The van der Waals surface area contributed by atoms with E-state index in [1.54, 1.807) is 11.1 Å². The normalized spacial score (nSPS) is 30.5. The third-order valence-corrected chi connectivity index (χ3v) is 12.9. The number of rotatable bonds is 2. The summed E-state index contributed by atoms with van der Waals surface area (Å²) in [6.45, 7) is 8.61. The summed E-state index contributed by atoms with van der Waals surface area (Å²) in [6, 6.07) is 29.6. The van der Waals surface area contributed by atoms with Crippen LogP contribution in [0.2, 0.25) is 0 Å². The number of furan rings is 1. The van der Waals surface area contributed by atoms with Crippen molar-refractivity contribution in [2.24, 2.45) is 23.7 Å². The van der Waals surface area contributed by atoms with E-state index >= 15 is 0 Å². The number of hydrogen-bond donors (Lipinski definition) is 0. The molecule has 44 heavy (non-hydrogen) atoms. The van der Waals surface area contributed by atoms with E-state index in [4.69, 9.17) is 13.7 Å². The molecule has 0 atom stereocenters. The highest BCUT2D eigenvalue weighted by Gasteiger charge is 2.62. The summed E-state index contributed by atoms with van der Waals surface area (Å²) in [7, 11) is -0.338. The van der Waals surface area contributed by atoms with Crippen molar-refractivity contribution in [3.8, 4) is 22.3 Å². The second-order valence-electron chi connectivity index (χ2n) is 15.6. The van der Waals surface area contributed by atoms with Crippen LogP contribution in [0.4, 0.5) is 0 Å². The van der Waals surface area contributed by atoms with Gasteiger partial charge in [0.05, 0.1) is 11.2 Å². The Morgan fingerprint density at radius 2 is 1.18 bits per heavy atom. The molecule has 1 spiro atoms. The third-order valence-electron chi connectivity index (χ3n) is 12.9. The van der Waals surface area contributed by atoms with Crippen molar-refractivity contribution in [2.75, 3.05) is 0 Å². The minimum absolute atomic E-state index is 0.0696. The van der Waals surface area contributed by atoms with Crippen LogP contribution in [-0.2, 0) is 14.7 Å². The van der Waals surface area contributed by atoms with E-state index in [0.717, 1.165) is 23.0 Å². The monoisotopic (exact) mass is 578 g/mol. The van der Waals surface area contributed by atoms with Crippen molar-refractivity contribution in [1.29, 1.82) is 0 Å². The van der Waals surface area contributed by atoms with Crippen molar-refractivity contribution < 1.29 is 13.7 Å². The maximum absolute atomic E-state index is 6.59. The molecule has 6 aliphatic rings. The summed E-state index contributed by atoms with van der Waals surface area (Å²) in [4.78, 5) is 0. The van der Waals surface area contributed by atoms with Gasteiger partial charge in [0.15, 0.2) is 0 Å². The lowest BCUT2D eigenvalue weighted by Gasteiger charge is -2.61. The molecule has 5 aliphatic carbocycles. The third kappa shape index (κ3) is 3.26.